The molecule has 1 aromatic carbocycles. The van der Waals surface area contributed by atoms with Crippen LogP contribution in [-0.2, 0) is 13.1 Å². The molecule has 1 aliphatic rings. The summed E-state index contributed by atoms with van der Waals surface area (Å²) in [5.41, 5.74) is -1.96. The number of alkyl halides is 3. The zero-order valence-corrected chi connectivity index (χ0v) is 12.3. The molecular weight excluding hydrogens is 297 g/mol. The van der Waals surface area contributed by atoms with Gasteiger partial charge in [-0.25, -0.2) is 0 Å². The summed E-state index contributed by atoms with van der Waals surface area (Å²) in [5.74, 6) is 0.0395. The molecule has 21 heavy (non-hydrogen) atoms. The number of benzene rings is 1. The lowest BCUT2D eigenvalue weighted by Gasteiger charge is -2.09. The monoisotopic (exact) mass is 314 g/mol. The van der Waals surface area contributed by atoms with E-state index in [-0.39, 0.29) is 17.5 Å². The Morgan fingerprint density at radius 2 is 2.05 bits per heavy atom. The molecule has 1 aliphatic carbocycles. The highest BCUT2D eigenvalue weighted by Crippen LogP contribution is 2.30. The van der Waals surface area contributed by atoms with E-state index in [4.69, 9.17) is 0 Å². The molecule has 0 amide bonds. The second kappa shape index (κ2) is 5.93. The van der Waals surface area contributed by atoms with Crippen LogP contribution in [0.2, 0.25) is 0 Å². The number of hydrogen-bond acceptors (Lipinski definition) is 2. The van der Waals surface area contributed by atoms with E-state index < -0.39 is 5.51 Å². The zero-order valence-electron chi connectivity index (χ0n) is 11.5. The van der Waals surface area contributed by atoms with E-state index in [1.165, 1.54) is 18.4 Å². The number of rotatable bonds is 6. The van der Waals surface area contributed by atoms with Crippen molar-refractivity contribution in [1.29, 1.82) is 0 Å². The van der Waals surface area contributed by atoms with Gasteiger partial charge in [0.1, 0.15) is 0 Å². The van der Waals surface area contributed by atoms with Crippen molar-refractivity contribution >= 4 is 22.7 Å². The van der Waals surface area contributed by atoms with Gasteiger partial charge in [0.15, 0.2) is 0 Å². The second-order valence-corrected chi connectivity index (χ2v) is 6.51. The van der Waals surface area contributed by atoms with Crippen LogP contribution in [-0.4, -0.2) is 21.9 Å². The first-order valence-corrected chi connectivity index (χ1v) is 8.02. The van der Waals surface area contributed by atoms with Crippen molar-refractivity contribution in [2.24, 2.45) is 0 Å². The second-order valence-electron chi connectivity index (χ2n) is 5.35. The van der Waals surface area contributed by atoms with Crippen LogP contribution in [0.25, 0.3) is 10.9 Å². The van der Waals surface area contributed by atoms with Crippen molar-refractivity contribution in [3.8, 4) is 0 Å². The number of nitrogens with one attached hydrogen (secondary N) is 1. The first-order chi connectivity index (χ1) is 10.0. The Morgan fingerprint density at radius 1 is 1.24 bits per heavy atom. The molecule has 1 N–H and O–H groups in total. The summed E-state index contributed by atoms with van der Waals surface area (Å²) in [6.45, 7) is 1.19. The van der Waals surface area contributed by atoms with Gasteiger partial charge in [-0.3, -0.25) is 0 Å². The molecule has 6 heteroatoms. The van der Waals surface area contributed by atoms with E-state index in [0.29, 0.717) is 12.6 Å². The van der Waals surface area contributed by atoms with Crippen molar-refractivity contribution in [3.05, 3.63) is 36.0 Å². The summed E-state index contributed by atoms with van der Waals surface area (Å²) >= 11 is 0.0338. The third-order valence-corrected chi connectivity index (χ3v) is 4.32. The van der Waals surface area contributed by atoms with Gasteiger partial charge in [0.25, 0.3) is 0 Å². The summed E-state index contributed by atoms with van der Waals surface area (Å²) in [7, 11) is 0. The van der Waals surface area contributed by atoms with Crippen molar-refractivity contribution in [3.63, 3.8) is 0 Å². The molecule has 0 bridgehead atoms. The maximum atomic E-state index is 12.2. The molecule has 1 aromatic heterocycles. The molecule has 0 aliphatic heterocycles. The van der Waals surface area contributed by atoms with Gasteiger partial charge in [0.2, 0.25) is 0 Å². The summed E-state index contributed by atoms with van der Waals surface area (Å²) in [6, 6.07) is 8.78. The van der Waals surface area contributed by atoms with Crippen molar-refractivity contribution < 1.29 is 13.2 Å². The Morgan fingerprint density at radius 3 is 2.76 bits per heavy atom. The highest BCUT2D eigenvalue weighted by atomic mass is 32.2. The van der Waals surface area contributed by atoms with Crippen LogP contribution in [0.4, 0.5) is 13.2 Å². The van der Waals surface area contributed by atoms with Crippen LogP contribution in [0.5, 0.6) is 0 Å². The average Bonchev–Trinajstić information content (AvgIpc) is 3.17. The van der Waals surface area contributed by atoms with Crippen LogP contribution < -0.4 is 5.32 Å². The molecule has 1 heterocycles. The Kier molecular flexibility index (Phi) is 4.17. The van der Waals surface area contributed by atoms with E-state index in [1.807, 2.05) is 22.9 Å². The van der Waals surface area contributed by atoms with E-state index in [1.54, 1.807) is 0 Å². The molecule has 0 radical (unpaired) electrons. The summed E-state index contributed by atoms with van der Waals surface area (Å²) in [6.07, 6.45) is 4.35. The van der Waals surface area contributed by atoms with E-state index in [0.717, 1.165) is 17.4 Å². The zero-order chi connectivity index (χ0) is 14.9. The quantitative estimate of drug-likeness (QED) is 0.863. The lowest BCUT2D eigenvalue weighted by atomic mass is 10.1. The van der Waals surface area contributed by atoms with Crippen LogP contribution in [0.3, 0.4) is 0 Å². The smallest absolute Gasteiger partial charge is 0.347 e. The van der Waals surface area contributed by atoms with Gasteiger partial charge in [-0.15, -0.1) is 0 Å². The molecule has 0 spiro atoms. The predicted molar refractivity (Wildman–Crippen MR) is 80.3 cm³/mol. The SMILES string of the molecule is FC(F)(F)SCCn1ccc2ccc(CNC3CC3)cc21. The normalized spacial score (nSPS) is 15.8. The first-order valence-electron chi connectivity index (χ1n) is 7.03. The molecule has 0 saturated heterocycles. The number of hydrogen-bond donors (Lipinski definition) is 1. The first kappa shape index (κ1) is 14.8. The molecule has 114 valence electrons. The van der Waals surface area contributed by atoms with E-state index in [2.05, 4.69) is 17.4 Å². The number of thioether (sulfide) groups is 1. The lowest BCUT2D eigenvalue weighted by molar-refractivity contribution is -0.0328. The van der Waals surface area contributed by atoms with Crippen LogP contribution in [0.1, 0.15) is 18.4 Å². The highest BCUT2D eigenvalue weighted by molar-refractivity contribution is 8.00. The maximum Gasteiger partial charge on any atom is 0.441 e. The minimum absolute atomic E-state index is 0.0338. The standard InChI is InChI=1S/C15H17F3N2S/c16-15(17,18)21-8-7-20-6-5-12-2-1-11(9-14(12)20)10-19-13-3-4-13/h1-2,5-6,9,13,19H,3-4,7-8,10H2. The van der Waals surface area contributed by atoms with Gasteiger partial charge in [0, 0.05) is 36.6 Å². The Bertz CT molecular complexity index is 617. The minimum atomic E-state index is -4.15. The molecule has 2 nitrogen and oxygen atoms in total. The van der Waals surface area contributed by atoms with Crippen molar-refractivity contribution in [2.75, 3.05) is 5.75 Å². The maximum absolute atomic E-state index is 12.2. The topological polar surface area (TPSA) is 17.0 Å². The summed E-state index contributed by atoms with van der Waals surface area (Å²) in [5, 5.41) is 4.52. The number of aryl methyl sites for hydroxylation is 1. The molecule has 1 saturated carbocycles. The van der Waals surface area contributed by atoms with Crippen LogP contribution >= 0.6 is 11.8 Å². The number of nitrogens with zero attached hydrogens (tertiary/aromatic N) is 1. The molecule has 2 aromatic rings. The van der Waals surface area contributed by atoms with Crippen LogP contribution in [0.15, 0.2) is 30.5 Å². The summed E-state index contributed by atoms with van der Waals surface area (Å²) in [4.78, 5) is 0. The summed E-state index contributed by atoms with van der Waals surface area (Å²) < 4.78 is 38.5. The third kappa shape index (κ3) is 4.17. The number of halogens is 3. The highest BCUT2D eigenvalue weighted by Gasteiger charge is 2.27. The Labute approximate surface area is 125 Å². The number of fused-ring (bicyclic) bond motifs is 1. The number of aromatic nitrogens is 1. The van der Waals surface area contributed by atoms with Gasteiger partial charge >= 0.3 is 5.51 Å². The fraction of sp³-hybridized carbons (Fsp3) is 0.467. The molecule has 1 fully saturated rings. The fourth-order valence-corrected chi connectivity index (χ4v) is 2.86. The van der Waals surface area contributed by atoms with Gasteiger partial charge in [-0.05, 0) is 47.7 Å². The van der Waals surface area contributed by atoms with E-state index in [9.17, 15) is 13.2 Å². The van der Waals surface area contributed by atoms with Gasteiger partial charge < -0.3 is 9.88 Å². The lowest BCUT2D eigenvalue weighted by Crippen LogP contribution is -2.15. The largest absolute Gasteiger partial charge is 0.441 e. The van der Waals surface area contributed by atoms with Crippen molar-refractivity contribution in [1.82, 2.24) is 9.88 Å². The van der Waals surface area contributed by atoms with Gasteiger partial charge in [-0.1, -0.05) is 12.1 Å². The third-order valence-electron chi connectivity index (χ3n) is 3.61. The molecule has 3 rings (SSSR count). The Hall–Kier alpha value is -1.14. The molecule has 0 unspecified atom stereocenters. The molecular formula is C15H17F3N2S. The fourth-order valence-electron chi connectivity index (χ4n) is 2.34. The van der Waals surface area contributed by atoms with Gasteiger partial charge in [-0.2, -0.15) is 13.2 Å². The Balaban J connectivity index is 1.67. The average molecular weight is 314 g/mol. The minimum Gasteiger partial charge on any atom is -0.347 e. The van der Waals surface area contributed by atoms with Gasteiger partial charge in [0.05, 0.1) is 0 Å². The van der Waals surface area contributed by atoms with Crippen LogP contribution in [0, 0.1) is 0 Å². The molecule has 0 atom stereocenters. The van der Waals surface area contributed by atoms with Crippen molar-refractivity contribution in [2.45, 2.75) is 37.5 Å². The van der Waals surface area contributed by atoms with E-state index >= 15 is 0 Å². The predicted octanol–water partition coefficient (Wildman–Crippen LogP) is 4.15.